The number of aromatic nitrogens is 2. The van der Waals surface area contributed by atoms with Crippen molar-refractivity contribution in [3.63, 3.8) is 0 Å². The molecule has 1 heterocycles. The first-order valence-corrected chi connectivity index (χ1v) is 8.62. The Morgan fingerprint density at radius 1 is 1.35 bits per heavy atom. The number of rotatable bonds is 5. The average Bonchev–Trinajstić information content (AvgIpc) is 2.38. The standard InChI is InChI=1S/C16H26BrN3/c1-11(2)16-19-14(17)10-15(20-16)18-8-7-13-6-4-5-12(3)9-13/h10-13H,4-9H2,1-3H3,(H,18,19,20). The highest BCUT2D eigenvalue weighted by molar-refractivity contribution is 9.10. The van der Waals surface area contributed by atoms with Gasteiger partial charge in [0.1, 0.15) is 16.2 Å². The zero-order valence-electron chi connectivity index (χ0n) is 12.8. The third-order valence-corrected chi connectivity index (χ3v) is 4.54. The Bertz CT molecular complexity index is 434. The Hall–Kier alpha value is -0.640. The summed E-state index contributed by atoms with van der Waals surface area (Å²) in [6, 6.07) is 1.97. The normalized spacial score (nSPS) is 23.1. The van der Waals surface area contributed by atoms with Crippen LogP contribution in [0, 0.1) is 11.8 Å². The highest BCUT2D eigenvalue weighted by atomic mass is 79.9. The second kappa shape index (κ2) is 7.39. The van der Waals surface area contributed by atoms with Crippen LogP contribution in [0.25, 0.3) is 0 Å². The molecule has 20 heavy (non-hydrogen) atoms. The summed E-state index contributed by atoms with van der Waals surface area (Å²) >= 11 is 3.47. The van der Waals surface area contributed by atoms with Gasteiger partial charge in [-0.25, -0.2) is 9.97 Å². The molecule has 1 aliphatic rings. The maximum absolute atomic E-state index is 4.58. The van der Waals surface area contributed by atoms with Crippen LogP contribution in [0.4, 0.5) is 5.82 Å². The van der Waals surface area contributed by atoms with Gasteiger partial charge in [-0.15, -0.1) is 0 Å². The minimum Gasteiger partial charge on any atom is -0.370 e. The first-order valence-electron chi connectivity index (χ1n) is 7.83. The molecule has 0 amide bonds. The largest absolute Gasteiger partial charge is 0.370 e. The van der Waals surface area contributed by atoms with Crippen LogP contribution in [0.3, 0.4) is 0 Å². The molecule has 0 saturated heterocycles. The molecular formula is C16H26BrN3. The van der Waals surface area contributed by atoms with Crippen molar-refractivity contribution < 1.29 is 0 Å². The lowest BCUT2D eigenvalue weighted by molar-refractivity contribution is 0.274. The van der Waals surface area contributed by atoms with Gasteiger partial charge < -0.3 is 5.32 Å². The van der Waals surface area contributed by atoms with E-state index < -0.39 is 0 Å². The summed E-state index contributed by atoms with van der Waals surface area (Å²) in [5.74, 6) is 4.00. The van der Waals surface area contributed by atoms with Crippen LogP contribution < -0.4 is 5.32 Å². The van der Waals surface area contributed by atoms with E-state index in [9.17, 15) is 0 Å². The molecule has 1 aromatic heterocycles. The van der Waals surface area contributed by atoms with E-state index in [1.165, 1.54) is 32.1 Å². The number of nitrogens with one attached hydrogen (secondary N) is 1. The van der Waals surface area contributed by atoms with Crippen molar-refractivity contribution in [2.45, 2.75) is 58.8 Å². The molecule has 1 fully saturated rings. The van der Waals surface area contributed by atoms with Crippen LogP contribution in [0.15, 0.2) is 10.7 Å². The van der Waals surface area contributed by atoms with Crippen molar-refractivity contribution >= 4 is 21.7 Å². The minimum absolute atomic E-state index is 0.354. The third-order valence-electron chi connectivity index (χ3n) is 4.13. The minimum atomic E-state index is 0.354. The molecule has 1 N–H and O–H groups in total. The third kappa shape index (κ3) is 4.72. The predicted octanol–water partition coefficient (Wildman–Crippen LogP) is 4.99. The van der Waals surface area contributed by atoms with Crippen molar-refractivity contribution in [2.75, 3.05) is 11.9 Å². The van der Waals surface area contributed by atoms with Crippen molar-refractivity contribution in [1.29, 1.82) is 0 Å². The number of halogens is 1. The fraction of sp³-hybridized carbons (Fsp3) is 0.750. The molecule has 2 atom stereocenters. The molecule has 0 radical (unpaired) electrons. The molecule has 0 bridgehead atoms. The Morgan fingerprint density at radius 3 is 2.85 bits per heavy atom. The van der Waals surface area contributed by atoms with E-state index in [1.807, 2.05) is 6.07 Å². The summed E-state index contributed by atoms with van der Waals surface area (Å²) in [7, 11) is 0. The molecule has 0 aliphatic heterocycles. The second-order valence-corrected chi connectivity index (χ2v) is 7.25. The lowest BCUT2D eigenvalue weighted by Gasteiger charge is -2.26. The van der Waals surface area contributed by atoms with Gasteiger partial charge in [-0.1, -0.05) is 40.0 Å². The monoisotopic (exact) mass is 339 g/mol. The Kier molecular flexibility index (Phi) is 5.82. The van der Waals surface area contributed by atoms with Gasteiger partial charge in [0.2, 0.25) is 0 Å². The first kappa shape index (κ1) is 15.7. The summed E-state index contributed by atoms with van der Waals surface area (Å²) in [5, 5.41) is 3.46. The first-order chi connectivity index (χ1) is 9.54. The Balaban J connectivity index is 1.84. The zero-order valence-corrected chi connectivity index (χ0v) is 14.4. The quantitative estimate of drug-likeness (QED) is 0.767. The maximum atomic E-state index is 4.58. The van der Waals surface area contributed by atoms with E-state index in [4.69, 9.17) is 0 Å². The highest BCUT2D eigenvalue weighted by Crippen LogP contribution is 2.30. The van der Waals surface area contributed by atoms with Gasteiger partial charge in [0, 0.05) is 18.5 Å². The van der Waals surface area contributed by atoms with Crippen LogP contribution in [-0.4, -0.2) is 16.5 Å². The number of nitrogens with zero attached hydrogens (tertiary/aromatic N) is 2. The number of hydrogen-bond donors (Lipinski definition) is 1. The van der Waals surface area contributed by atoms with Crippen LogP contribution in [0.1, 0.15) is 64.6 Å². The summed E-state index contributed by atoms with van der Waals surface area (Å²) in [6.45, 7) is 7.64. The smallest absolute Gasteiger partial charge is 0.134 e. The van der Waals surface area contributed by atoms with Crippen LogP contribution in [0.5, 0.6) is 0 Å². The molecule has 2 rings (SSSR count). The number of anilines is 1. The van der Waals surface area contributed by atoms with Gasteiger partial charge in [-0.05, 0) is 40.6 Å². The van der Waals surface area contributed by atoms with E-state index >= 15 is 0 Å². The van der Waals surface area contributed by atoms with Gasteiger partial charge in [-0.2, -0.15) is 0 Å². The van der Waals surface area contributed by atoms with Gasteiger partial charge in [0.15, 0.2) is 0 Å². The van der Waals surface area contributed by atoms with E-state index in [1.54, 1.807) is 0 Å². The summed E-state index contributed by atoms with van der Waals surface area (Å²) in [5.41, 5.74) is 0. The second-order valence-electron chi connectivity index (χ2n) is 6.44. The molecule has 0 spiro atoms. The topological polar surface area (TPSA) is 37.8 Å². The van der Waals surface area contributed by atoms with Crippen molar-refractivity contribution in [1.82, 2.24) is 9.97 Å². The van der Waals surface area contributed by atoms with Gasteiger partial charge in [0.25, 0.3) is 0 Å². The summed E-state index contributed by atoms with van der Waals surface area (Å²) in [4.78, 5) is 8.99. The summed E-state index contributed by atoms with van der Waals surface area (Å²) in [6.07, 6.45) is 6.87. The molecule has 0 aromatic carbocycles. The molecule has 2 unspecified atom stereocenters. The average molecular weight is 340 g/mol. The Morgan fingerprint density at radius 2 is 2.15 bits per heavy atom. The van der Waals surface area contributed by atoms with Crippen molar-refractivity contribution in [3.8, 4) is 0 Å². The molecule has 112 valence electrons. The molecule has 4 heteroatoms. The van der Waals surface area contributed by atoms with Crippen LogP contribution in [0.2, 0.25) is 0 Å². The van der Waals surface area contributed by atoms with E-state index in [-0.39, 0.29) is 0 Å². The van der Waals surface area contributed by atoms with Crippen LogP contribution >= 0.6 is 15.9 Å². The fourth-order valence-electron chi connectivity index (χ4n) is 3.01. The lowest BCUT2D eigenvalue weighted by Crippen LogP contribution is -2.17. The van der Waals surface area contributed by atoms with Crippen LogP contribution in [-0.2, 0) is 0 Å². The molecule has 3 nitrogen and oxygen atoms in total. The Labute approximate surface area is 131 Å². The SMILES string of the molecule is CC1CCCC(CCNc2cc(Br)nc(C(C)C)n2)C1. The van der Waals surface area contributed by atoms with Crippen molar-refractivity contribution in [3.05, 3.63) is 16.5 Å². The highest BCUT2D eigenvalue weighted by Gasteiger charge is 2.18. The van der Waals surface area contributed by atoms with E-state index in [2.05, 4.69) is 52.0 Å². The molecule has 1 saturated carbocycles. The molecule has 1 aromatic rings. The van der Waals surface area contributed by atoms with Crippen molar-refractivity contribution in [2.24, 2.45) is 11.8 Å². The fourth-order valence-corrected chi connectivity index (χ4v) is 3.41. The lowest BCUT2D eigenvalue weighted by atomic mass is 9.81. The predicted molar refractivity (Wildman–Crippen MR) is 88.0 cm³/mol. The van der Waals surface area contributed by atoms with E-state index in [0.29, 0.717) is 5.92 Å². The molecule has 1 aliphatic carbocycles. The zero-order chi connectivity index (χ0) is 14.5. The summed E-state index contributed by atoms with van der Waals surface area (Å²) < 4.78 is 0.866. The van der Waals surface area contributed by atoms with Gasteiger partial charge >= 0.3 is 0 Å². The van der Waals surface area contributed by atoms with Gasteiger partial charge in [0.05, 0.1) is 0 Å². The number of hydrogen-bond acceptors (Lipinski definition) is 3. The maximum Gasteiger partial charge on any atom is 0.134 e. The molecular weight excluding hydrogens is 314 g/mol. The van der Waals surface area contributed by atoms with Gasteiger partial charge in [-0.3, -0.25) is 0 Å². The van der Waals surface area contributed by atoms with E-state index in [0.717, 1.165) is 34.6 Å².